The standard InChI is InChI=1S/C23H27Cl2N3O4/c1-3-19(21(30)26-2)28(13-14-8-9-17(24)18(25)12-14)20(29)10-11-27-22(31)15-6-4-5-7-16(15)23(27)32/h4-5,8-9,12,15-16,19H,3,6-7,10-11,13H2,1-2H3,(H,26,30)/t15-,16+,19-/m1/s1. The molecule has 3 atom stereocenters. The van der Waals surface area contributed by atoms with Gasteiger partial charge in [0.2, 0.25) is 23.6 Å². The van der Waals surface area contributed by atoms with Crippen molar-refractivity contribution in [1.82, 2.24) is 15.1 Å². The third kappa shape index (κ3) is 4.99. The van der Waals surface area contributed by atoms with E-state index in [1.165, 1.54) is 16.8 Å². The summed E-state index contributed by atoms with van der Waals surface area (Å²) in [4.78, 5) is 53.7. The Hall–Kier alpha value is -2.38. The highest BCUT2D eigenvalue weighted by molar-refractivity contribution is 6.42. The Balaban J connectivity index is 1.75. The number of amides is 4. The summed E-state index contributed by atoms with van der Waals surface area (Å²) in [6.45, 7) is 1.98. The van der Waals surface area contributed by atoms with E-state index in [0.29, 0.717) is 29.3 Å². The van der Waals surface area contributed by atoms with E-state index in [1.807, 2.05) is 19.1 Å². The minimum atomic E-state index is -0.696. The zero-order valence-electron chi connectivity index (χ0n) is 18.1. The zero-order chi connectivity index (χ0) is 23.4. The molecule has 1 heterocycles. The number of rotatable bonds is 8. The summed E-state index contributed by atoms with van der Waals surface area (Å²) in [6, 6.07) is 4.35. The highest BCUT2D eigenvalue weighted by Gasteiger charge is 2.47. The highest BCUT2D eigenvalue weighted by Crippen LogP contribution is 2.35. The first-order valence-corrected chi connectivity index (χ1v) is 11.5. The second-order valence-electron chi connectivity index (χ2n) is 8.04. The Labute approximate surface area is 197 Å². The number of nitrogens with one attached hydrogen (secondary N) is 1. The molecule has 1 aromatic carbocycles. The summed E-state index contributed by atoms with van der Waals surface area (Å²) < 4.78 is 0. The van der Waals surface area contributed by atoms with Crippen molar-refractivity contribution >= 4 is 46.8 Å². The first kappa shape index (κ1) is 24.3. The summed E-state index contributed by atoms with van der Waals surface area (Å²) in [6.07, 6.45) is 5.31. The second-order valence-corrected chi connectivity index (χ2v) is 8.86. The smallest absolute Gasteiger partial charge is 0.242 e. The maximum atomic E-state index is 13.2. The van der Waals surface area contributed by atoms with Crippen molar-refractivity contribution in [2.45, 2.75) is 45.2 Å². The van der Waals surface area contributed by atoms with Crippen LogP contribution in [0.3, 0.4) is 0 Å². The number of hydrogen-bond donors (Lipinski definition) is 1. The van der Waals surface area contributed by atoms with Crippen molar-refractivity contribution in [1.29, 1.82) is 0 Å². The lowest BCUT2D eigenvalue weighted by atomic mass is 9.85. The van der Waals surface area contributed by atoms with Crippen molar-refractivity contribution < 1.29 is 19.2 Å². The zero-order valence-corrected chi connectivity index (χ0v) is 19.7. The van der Waals surface area contributed by atoms with Gasteiger partial charge in [0.05, 0.1) is 21.9 Å². The number of hydrogen-bond acceptors (Lipinski definition) is 4. The fraction of sp³-hybridized carbons (Fsp3) is 0.478. The fourth-order valence-electron chi connectivity index (χ4n) is 4.36. The molecule has 4 amide bonds. The normalized spacial score (nSPS) is 20.8. The molecule has 1 aliphatic heterocycles. The Morgan fingerprint density at radius 1 is 1.12 bits per heavy atom. The molecule has 1 saturated heterocycles. The lowest BCUT2D eigenvalue weighted by Crippen LogP contribution is -2.49. The van der Waals surface area contributed by atoms with Gasteiger partial charge in [0.25, 0.3) is 0 Å². The first-order chi connectivity index (χ1) is 15.3. The van der Waals surface area contributed by atoms with E-state index in [-0.39, 0.29) is 55.0 Å². The fourth-order valence-corrected chi connectivity index (χ4v) is 4.68. The van der Waals surface area contributed by atoms with Crippen molar-refractivity contribution in [3.8, 4) is 0 Å². The maximum absolute atomic E-state index is 13.2. The molecule has 32 heavy (non-hydrogen) atoms. The molecule has 0 saturated carbocycles. The Morgan fingerprint density at radius 2 is 1.75 bits per heavy atom. The summed E-state index contributed by atoms with van der Waals surface area (Å²) in [7, 11) is 1.52. The van der Waals surface area contributed by atoms with Crippen LogP contribution in [0, 0.1) is 11.8 Å². The van der Waals surface area contributed by atoms with Crippen LogP contribution in [-0.4, -0.2) is 53.1 Å². The number of halogens is 2. The topological polar surface area (TPSA) is 86.8 Å². The molecule has 1 aromatic rings. The van der Waals surface area contributed by atoms with Gasteiger partial charge in [-0.15, -0.1) is 0 Å². The summed E-state index contributed by atoms with van der Waals surface area (Å²) >= 11 is 12.1. The summed E-state index contributed by atoms with van der Waals surface area (Å²) in [5, 5.41) is 3.35. The van der Waals surface area contributed by atoms with Crippen molar-refractivity contribution in [3.05, 3.63) is 46.0 Å². The number of allylic oxidation sites excluding steroid dienone is 2. The summed E-state index contributed by atoms with van der Waals surface area (Å²) in [5.41, 5.74) is 0.723. The van der Waals surface area contributed by atoms with Crippen molar-refractivity contribution in [2.75, 3.05) is 13.6 Å². The van der Waals surface area contributed by atoms with Gasteiger partial charge < -0.3 is 10.2 Å². The molecular weight excluding hydrogens is 453 g/mol. The van der Waals surface area contributed by atoms with E-state index in [4.69, 9.17) is 23.2 Å². The van der Waals surface area contributed by atoms with Gasteiger partial charge in [0.1, 0.15) is 6.04 Å². The van der Waals surface area contributed by atoms with Crippen LogP contribution < -0.4 is 5.32 Å². The molecule has 1 N–H and O–H groups in total. The molecular formula is C23H27Cl2N3O4. The van der Waals surface area contributed by atoms with Crippen molar-refractivity contribution in [2.24, 2.45) is 11.8 Å². The molecule has 1 aliphatic carbocycles. The number of likely N-dealkylation sites (tertiary alicyclic amines) is 1. The number of nitrogens with zero attached hydrogens (tertiary/aromatic N) is 2. The van der Waals surface area contributed by atoms with Crippen LogP contribution in [0.25, 0.3) is 0 Å². The molecule has 2 aliphatic rings. The first-order valence-electron chi connectivity index (χ1n) is 10.7. The van der Waals surface area contributed by atoms with Gasteiger partial charge in [-0.1, -0.05) is 48.3 Å². The summed E-state index contributed by atoms with van der Waals surface area (Å²) in [5.74, 6) is -1.70. The monoisotopic (exact) mass is 479 g/mol. The number of benzene rings is 1. The Bertz CT molecular complexity index is 923. The third-order valence-electron chi connectivity index (χ3n) is 6.12. The molecule has 0 radical (unpaired) electrons. The molecule has 3 rings (SSSR count). The van der Waals surface area contributed by atoms with Gasteiger partial charge in [0, 0.05) is 26.6 Å². The van der Waals surface area contributed by atoms with Crippen LogP contribution in [0.1, 0.15) is 38.2 Å². The molecule has 0 bridgehead atoms. The lowest BCUT2D eigenvalue weighted by molar-refractivity contribution is -0.144. The van der Waals surface area contributed by atoms with Crippen LogP contribution in [-0.2, 0) is 25.7 Å². The van der Waals surface area contributed by atoms with E-state index in [2.05, 4.69) is 5.32 Å². The van der Waals surface area contributed by atoms with Crippen LogP contribution in [0.2, 0.25) is 10.0 Å². The number of imide groups is 1. The molecule has 0 spiro atoms. The van der Waals surface area contributed by atoms with Crippen LogP contribution in [0.4, 0.5) is 0 Å². The Kier molecular flexibility index (Phi) is 7.96. The molecule has 9 heteroatoms. The number of fused-ring (bicyclic) bond motifs is 1. The predicted molar refractivity (Wildman–Crippen MR) is 122 cm³/mol. The van der Waals surface area contributed by atoms with E-state index in [0.717, 1.165) is 5.56 Å². The number of carbonyl (C=O) groups excluding carboxylic acids is 4. The van der Waals surface area contributed by atoms with Gasteiger partial charge in [-0.2, -0.15) is 0 Å². The number of likely N-dealkylation sites (N-methyl/N-ethyl adjacent to an activating group) is 1. The lowest BCUT2D eigenvalue weighted by Gasteiger charge is -2.31. The largest absolute Gasteiger partial charge is 0.357 e. The average molecular weight is 480 g/mol. The minimum Gasteiger partial charge on any atom is -0.357 e. The van der Waals surface area contributed by atoms with E-state index in [9.17, 15) is 19.2 Å². The Morgan fingerprint density at radius 3 is 2.28 bits per heavy atom. The van der Waals surface area contributed by atoms with Gasteiger partial charge >= 0.3 is 0 Å². The van der Waals surface area contributed by atoms with Crippen LogP contribution >= 0.6 is 23.2 Å². The van der Waals surface area contributed by atoms with E-state index >= 15 is 0 Å². The molecule has 0 aromatic heterocycles. The number of carbonyl (C=O) groups is 4. The molecule has 1 fully saturated rings. The van der Waals surface area contributed by atoms with Gasteiger partial charge in [-0.3, -0.25) is 24.1 Å². The van der Waals surface area contributed by atoms with Crippen LogP contribution in [0.5, 0.6) is 0 Å². The van der Waals surface area contributed by atoms with Gasteiger partial charge in [-0.05, 0) is 37.0 Å². The third-order valence-corrected chi connectivity index (χ3v) is 6.86. The minimum absolute atomic E-state index is 0.00551. The molecule has 7 nitrogen and oxygen atoms in total. The predicted octanol–water partition coefficient (Wildman–Crippen LogP) is 3.19. The van der Waals surface area contributed by atoms with Crippen LogP contribution in [0.15, 0.2) is 30.4 Å². The SMILES string of the molecule is CC[C@H](C(=O)NC)N(Cc1ccc(Cl)c(Cl)c1)C(=O)CCN1C(=O)[C@H]2CC=CC[C@H]2C1=O. The molecule has 172 valence electrons. The molecule has 0 unspecified atom stereocenters. The van der Waals surface area contributed by atoms with Gasteiger partial charge in [0.15, 0.2) is 0 Å². The quantitative estimate of drug-likeness (QED) is 0.458. The van der Waals surface area contributed by atoms with E-state index < -0.39 is 6.04 Å². The highest BCUT2D eigenvalue weighted by atomic mass is 35.5. The average Bonchev–Trinajstić information content (AvgIpc) is 3.04. The maximum Gasteiger partial charge on any atom is 0.242 e. The van der Waals surface area contributed by atoms with Gasteiger partial charge in [-0.25, -0.2) is 0 Å². The van der Waals surface area contributed by atoms with E-state index in [1.54, 1.807) is 18.2 Å². The van der Waals surface area contributed by atoms with Crippen molar-refractivity contribution in [3.63, 3.8) is 0 Å². The second kappa shape index (κ2) is 10.5.